The van der Waals surface area contributed by atoms with Crippen molar-refractivity contribution in [2.24, 2.45) is 0 Å². The van der Waals surface area contributed by atoms with E-state index in [2.05, 4.69) is 36.6 Å². The van der Waals surface area contributed by atoms with E-state index in [0.29, 0.717) is 41.5 Å². The molecule has 0 bridgehead atoms. The zero-order valence-electron chi connectivity index (χ0n) is 17.5. The predicted octanol–water partition coefficient (Wildman–Crippen LogP) is 7.12. The molecule has 0 N–H and O–H groups in total. The summed E-state index contributed by atoms with van der Waals surface area (Å²) in [5.74, 6) is 2.75. The molecule has 4 rings (SSSR count). The van der Waals surface area contributed by atoms with Gasteiger partial charge in [0.05, 0.1) is 22.6 Å². The Morgan fingerprint density at radius 2 is 1.71 bits per heavy atom. The molecule has 0 unspecified atom stereocenters. The van der Waals surface area contributed by atoms with Crippen LogP contribution in [0.2, 0.25) is 10.0 Å². The first-order valence-corrected chi connectivity index (χ1v) is 11.0. The van der Waals surface area contributed by atoms with Gasteiger partial charge in [0.2, 0.25) is 0 Å². The van der Waals surface area contributed by atoms with Crippen molar-refractivity contribution in [3.05, 3.63) is 88.2 Å². The summed E-state index contributed by atoms with van der Waals surface area (Å²) < 4.78 is 14.0. The van der Waals surface area contributed by atoms with Gasteiger partial charge in [-0.1, -0.05) is 61.3 Å². The number of halogens is 2. The molecule has 160 valence electrons. The Kier molecular flexibility index (Phi) is 6.69. The minimum Gasteiger partial charge on any atom is -0.492 e. The number of para-hydroxylation sites is 2. The monoisotopic (exact) mass is 454 g/mol. The SMILES string of the molecule is CC(C)c1ccc(OCCn2c(COc3ccc(Cl)cc3Cl)nc3ccccc32)cc1. The number of ether oxygens (including phenoxy) is 2. The van der Waals surface area contributed by atoms with E-state index in [1.807, 2.05) is 30.3 Å². The summed E-state index contributed by atoms with van der Waals surface area (Å²) in [4.78, 5) is 4.74. The highest BCUT2D eigenvalue weighted by molar-refractivity contribution is 6.35. The molecule has 0 radical (unpaired) electrons. The van der Waals surface area contributed by atoms with E-state index >= 15 is 0 Å². The minimum absolute atomic E-state index is 0.291. The van der Waals surface area contributed by atoms with Crippen LogP contribution in [0.15, 0.2) is 66.7 Å². The zero-order chi connectivity index (χ0) is 21.8. The highest BCUT2D eigenvalue weighted by atomic mass is 35.5. The third kappa shape index (κ3) is 5.15. The van der Waals surface area contributed by atoms with E-state index in [4.69, 9.17) is 37.7 Å². The second kappa shape index (κ2) is 9.63. The lowest BCUT2D eigenvalue weighted by atomic mass is 10.0. The lowest BCUT2D eigenvalue weighted by molar-refractivity contribution is 0.272. The molecule has 0 amide bonds. The second-order valence-corrected chi connectivity index (χ2v) is 8.45. The van der Waals surface area contributed by atoms with E-state index in [1.54, 1.807) is 18.2 Å². The number of hydrogen-bond donors (Lipinski definition) is 0. The van der Waals surface area contributed by atoms with Crippen LogP contribution in [-0.4, -0.2) is 16.2 Å². The molecule has 0 aliphatic heterocycles. The van der Waals surface area contributed by atoms with Gasteiger partial charge in [0.15, 0.2) is 0 Å². The largest absolute Gasteiger partial charge is 0.492 e. The summed E-state index contributed by atoms with van der Waals surface area (Å²) in [6, 6.07) is 21.5. The molecule has 0 atom stereocenters. The Morgan fingerprint density at radius 1 is 0.935 bits per heavy atom. The van der Waals surface area contributed by atoms with E-state index in [-0.39, 0.29) is 0 Å². The molecular weight excluding hydrogens is 431 g/mol. The summed E-state index contributed by atoms with van der Waals surface area (Å²) >= 11 is 12.2. The fourth-order valence-electron chi connectivity index (χ4n) is 3.42. The number of hydrogen-bond acceptors (Lipinski definition) is 3. The van der Waals surface area contributed by atoms with Crippen LogP contribution in [0, 0.1) is 0 Å². The van der Waals surface area contributed by atoms with Crippen LogP contribution in [0.3, 0.4) is 0 Å². The second-order valence-electron chi connectivity index (χ2n) is 7.60. The molecule has 0 saturated carbocycles. The van der Waals surface area contributed by atoms with Gasteiger partial charge in [0.25, 0.3) is 0 Å². The van der Waals surface area contributed by atoms with E-state index in [1.165, 1.54) is 5.56 Å². The fraction of sp³-hybridized carbons (Fsp3) is 0.240. The van der Waals surface area contributed by atoms with E-state index < -0.39 is 0 Å². The minimum atomic E-state index is 0.291. The van der Waals surface area contributed by atoms with Gasteiger partial charge in [-0.3, -0.25) is 0 Å². The van der Waals surface area contributed by atoms with Crippen LogP contribution < -0.4 is 9.47 Å². The normalized spacial score (nSPS) is 11.3. The number of nitrogens with zero attached hydrogens (tertiary/aromatic N) is 2. The molecule has 0 saturated heterocycles. The maximum absolute atomic E-state index is 6.24. The molecule has 0 spiro atoms. The Hall–Kier alpha value is -2.69. The van der Waals surface area contributed by atoms with Crippen LogP contribution in [-0.2, 0) is 13.2 Å². The maximum atomic E-state index is 6.24. The molecule has 4 nitrogen and oxygen atoms in total. The van der Waals surface area contributed by atoms with Crippen molar-refractivity contribution < 1.29 is 9.47 Å². The van der Waals surface area contributed by atoms with Gasteiger partial charge in [-0.25, -0.2) is 4.98 Å². The summed E-state index contributed by atoms with van der Waals surface area (Å²) in [5.41, 5.74) is 3.26. The molecular formula is C25H24Cl2N2O2. The number of imidazole rings is 1. The van der Waals surface area contributed by atoms with E-state index in [9.17, 15) is 0 Å². The van der Waals surface area contributed by atoms with Crippen molar-refractivity contribution in [1.29, 1.82) is 0 Å². The van der Waals surface area contributed by atoms with Crippen molar-refractivity contribution in [2.75, 3.05) is 6.61 Å². The first-order chi connectivity index (χ1) is 15.0. The summed E-state index contributed by atoms with van der Waals surface area (Å²) in [7, 11) is 0. The van der Waals surface area contributed by atoms with Crippen LogP contribution in [0.5, 0.6) is 11.5 Å². The van der Waals surface area contributed by atoms with Crippen LogP contribution in [0.4, 0.5) is 0 Å². The quantitative estimate of drug-likeness (QED) is 0.284. The van der Waals surface area contributed by atoms with Crippen LogP contribution >= 0.6 is 23.2 Å². The average molecular weight is 455 g/mol. The van der Waals surface area contributed by atoms with Gasteiger partial charge >= 0.3 is 0 Å². The third-order valence-electron chi connectivity index (χ3n) is 5.11. The molecule has 0 fully saturated rings. The van der Waals surface area contributed by atoms with Crippen molar-refractivity contribution in [3.8, 4) is 11.5 Å². The lowest BCUT2D eigenvalue weighted by Gasteiger charge is -2.13. The van der Waals surface area contributed by atoms with Crippen molar-refractivity contribution in [1.82, 2.24) is 9.55 Å². The molecule has 31 heavy (non-hydrogen) atoms. The molecule has 3 aromatic carbocycles. The lowest BCUT2D eigenvalue weighted by Crippen LogP contribution is -2.13. The number of rotatable bonds is 8. The standard InChI is InChI=1S/C25H24Cl2N2O2/c1-17(2)18-7-10-20(11-8-18)30-14-13-29-23-6-4-3-5-22(23)28-25(29)16-31-24-12-9-19(26)15-21(24)27/h3-12,15,17H,13-14,16H2,1-2H3. The smallest absolute Gasteiger partial charge is 0.148 e. The van der Waals surface area contributed by atoms with Crippen molar-refractivity contribution in [3.63, 3.8) is 0 Å². The predicted molar refractivity (Wildman–Crippen MR) is 127 cm³/mol. The fourth-order valence-corrected chi connectivity index (χ4v) is 3.89. The number of aromatic nitrogens is 2. The summed E-state index contributed by atoms with van der Waals surface area (Å²) in [5, 5.41) is 1.05. The molecule has 1 aromatic heterocycles. The van der Waals surface area contributed by atoms with Gasteiger partial charge in [0.1, 0.15) is 30.5 Å². The molecule has 6 heteroatoms. The van der Waals surface area contributed by atoms with Gasteiger partial charge in [0, 0.05) is 5.02 Å². The topological polar surface area (TPSA) is 36.3 Å². The Labute approximate surface area is 192 Å². The van der Waals surface area contributed by atoms with Crippen molar-refractivity contribution >= 4 is 34.2 Å². The van der Waals surface area contributed by atoms with Gasteiger partial charge < -0.3 is 14.0 Å². The molecule has 1 heterocycles. The highest BCUT2D eigenvalue weighted by Gasteiger charge is 2.12. The third-order valence-corrected chi connectivity index (χ3v) is 5.65. The van der Waals surface area contributed by atoms with Crippen molar-refractivity contribution in [2.45, 2.75) is 32.9 Å². The van der Waals surface area contributed by atoms with Gasteiger partial charge in [-0.2, -0.15) is 0 Å². The summed E-state index contributed by atoms with van der Waals surface area (Å²) in [6.45, 7) is 5.83. The van der Waals surface area contributed by atoms with Crippen LogP contribution in [0.25, 0.3) is 11.0 Å². The number of fused-ring (bicyclic) bond motifs is 1. The Balaban J connectivity index is 1.48. The first kappa shape index (κ1) is 21.5. The Morgan fingerprint density at radius 3 is 2.45 bits per heavy atom. The van der Waals surface area contributed by atoms with Gasteiger partial charge in [-0.05, 0) is 53.9 Å². The summed E-state index contributed by atoms with van der Waals surface area (Å²) in [6.07, 6.45) is 0. The van der Waals surface area contributed by atoms with Crippen LogP contribution in [0.1, 0.15) is 31.2 Å². The number of benzene rings is 3. The Bertz CT molecular complexity index is 1170. The molecule has 0 aliphatic rings. The molecule has 0 aliphatic carbocycles. The molecule has 4 aromatic rings. The average Bonchev–Trinajstić information content (AvgIpc) is 3.11. The highest BCUT2D eigenvalue weighted by Crippen LogP contribution is 2.28. The maximum Gasteiger partial charge on any atom is 0.148 e. The zero-order valence-corrected chi connectivity index (χ0v) is 19.0. The van der Waals surface area contributed by atoms with Gasteiger partial charge in [-0.15, -0.1) is 0 Å². The first-order valence-electron chi connectivity index (χ1n) is 10.3. The van der Waals surface area contributed by atoms with E-state index in [0.717, 1.165) is 22.6 Å².